The predicted molar refractivity (Wildman–Crippen MR) is 51.7 cm³/mol. The number of benzene rings is 1. The van der Waals surface area contributed by atoms with Crippen LogP contribution in [0.5, 0.6) is 5.75 Å². The van der Waals surface area contributed by atoms with Gasteiger partial charge in [-0.2, -0.15) is 0 Å². The minimum absolute atomic E-state index is 0.0665. The van der Waals surface area contributed by atoms with Crippen molar-refractivity contribution >= 4 is 11.6 Å². The molecule has 3 nitrogen and oxygen atoms in total. The molecule has 72 valence electrons. The van der Waals surface area contributed by atoms with Crippen LogP contribution in [0.1, 0.15) is 12.5 Å². The first-order valence-electron chi connectivity index (χ1n) is 3.87. The zero-order valence-electron chi connectivity index (χ0n) is 7.29. The van der Waals surface area contributed by atoms with Crippen LogP contribution in [0.3, 0.4) is 0 Å². The second-order valence-corrected chi connectivity index (χ2v) is 3.62. The van der Waals surface area contributed by atoms with Crippen molar-refractivity contribution in [1.82, 2.24) is 0 Å². The Bertz CT molecular complexity index is 312. The van der Waals surface area contributed by atoms with Crippen molar-refractivity contribution in [1.29, 1.82) is 0 Å². The van der Waals surface area contributed by atoms with Gasteiger partial charge in [-0.25, -0.2) is 0 Å². The zero-order chi connectivity index (χ0) is 10.1. The lowest BCUT2D eigenvalue weighted by atomic mass is 9.93. The van der Waals surface area contributed by atoms with E-state index in [1.165, 1.54) is 0 Å². The van der Waals surface area contributed by atoms with Crippen LogP contribution in [0, 0.1) is 0 Å². The summed E-state index contributed by atoms with van der Waals surface area (Å²) in [5, 5.41) is 18.8. The highest BCUT2D eigenvalue weighted by Crippen LogP contribution is 2.32. The molecule has 0 unspecified atom stereocenters. The average molecular weight is 202 g/mol. The van der Waals surface area contributed by atoms with Gasteiger partial charge >= 0.3 is 0 Å². The van der Waals surface area contributed by atoms with E-state index in [1.54, 1.807) is 25.1 Å². The Labute approximate surface area is 81.8 Å². The molecule has 0 fully saturated rings. The second kappa shape index (κ2) is 3.54. The van der Waals surface area contributed by atoms with E-state index in [4.69, 9.17) is 22.4 Å². The molecular formula is C9H12ClNO2. The van der Waals surface area contributed by atoms with E-state index in [9.17, 15) is 5.11 Å². The molecule has 1 rings (SSSR count). The first-order valence-corrected chi connectivity index (χ1v) is 4.24. The Hall–Kier alpha value is -0.770. The number of aromatic hydroxyl groups is 1. The fourth-order valence-electron chi connectivity index (χ4n) is 1.06. The van der Waals surface area contributed by atoms with Gasteiger partial charge in [0.15, 0.2) is 0 Å². The zero-order valence-corrected chi connectivity index (χ0v) is 8.04. The van der Waals surface area contributed by atoms with Gasteiger partial charge in [-0.15, -0.1) is 0 Å². The average Bonchev–Trinajstić information content (AvgIpc) is 2.09. The fraction of sp³-hybridized carbons (Fsp3) is 0.333. The lowest BCUT2D eigenvalue weighted by molar-refractivity contribution is 0.207. The largest absolute Gasteiger partial charge is 0.506 e. The minimum atomic E-state index is -0.963. The standard InChI is InChI=1S/C9H12ClNO2/c1-9(11,5-12)6-3-2-4-7(10)8(6)13/h2-4,12-13H,5,11H2,1H3/t9-/m1/s1. The number of aliphatic hydroxyl groups excluding tert-OH is 1. The van der Waals surface area contributed by atoms with Crippen LogP contribution in [0.15, 0.2) is 18.2 Å². The normalized spacial score (nSPS) is 15.4. The lowest BCUT2D eigenvalue weighted by Crippen LogP contribution is -2.36. The second-order valence-electron chi connectivity index (χ2n) is 3.21. The van der Waals surface area contributed by atoms with Crippen LogP contribution >= 0.6 is 11.6 Å². The third-order valence-corrected chi connectivity index (χ3v) is 2.24. The van der Waals surface area contributed by atoms with E-state index >= 15 is 0 Å². The topological polar surface area (TPSA) is 66.5 Å². The third kappa shape index (κ3) is 1.94. The van der Waals surface area contributed by atoms with Crippen LogP contribution in [-0.4, -0.2) is 16.8 Å². The van der Waals surface area contributed by atoms with E-state index in [2.05, 4.69) is 0 Å². The summed E-state index contributed by atoms with van der Waals surface area (Å²) in [6, 6.07) is 4.88. The van der Waals surface area contributed by atoms with Crippen molar-refractivity contribution in [3.63, 3.8) is 0 Å². The number of rotatable bonds is 2. The predicted octanol–water partition coefficient (Wildman–Crippen LogP) is 1.21. The number of phenols is 1. The smallest absolute Gasteiger partial charge is 0.139 e. The molecule has 0 heterocycles. The molecule has 0 aromatic heterocycles. The van der Waals surface area contributed by atoms with E-state index < -0.39 is 5.54 Å². The van der Waals surface area contributed by atoms with Crippen molar-refractivity contribution in [2.75, 3.05) is 6.61 Å². The summed E-state index contributed by atoms with van der Waals surface area (Å²) in [5.74, 6) is -0.0665. The molecule has 0 aliphatic rings. The van der Waals surface area contributed by atoms with E-state index in [1.807, 2.05) is 0 Å². The monoisotopic (exact) mass is 201 g/mol. The Kier molecular flexibility index (Phi) is 2.81. The Morgan fingerprint density at radius 1 is 1.54 bits per heavy atom. The minimum Gasteiger partial charge on any atom is -0.506 e. The van der Waals surface area contributed by atoms with Gasteiger partial charge < -0.3 is 15.9 Å². The lowest BCUT2D eigenvalue weighted by Gasteiger charge is -2.23. The number of hydrogen-bond acceptors (Lipinski definition) is 3. The fourth-order valence-corrected chi connectivity index (χ4v) is 1.24. The summed E-state index contributed by atoms with van der Waals surface area (Å²) in [6.45, 7) is 1.37. The molecule has 0 aliphatic heterocycles. The summed E-state index contributed by atoms with van der Waals surface area (Å²) >= 11 is 5.69. The van der Waals surface area contributed by atoms with Crippen LogP contribution < -0.4 is 5.73 Å². The maximum absolute atomic E-state index is 9.54. The number of aliphatic hydroxyl groups is 1. The maximum Gasteiger partial charge on any atom is 0.139 e. The number of hydrogen-bond donors (Lipinski definition) is 3. The molecule has 0 amide bonds. The first-order chi connectivity index (χ1) is 5.99. The first kappa shape index (κ1) is 10.3. The van der Waals surface area contributed by atoms with Crippen LogP contribution in [0.2, 0.25) is 5.02 Å². The summed E-state index contributed by atoms with van der Waals surface area (Å²) in [5.41, 5.74) is 5.22. The van der Waals surface area contributed by atoms with Crippen LogP contribution in [0.4, 0.5) is 0 Å². The molecule has 1 aromatic carbocycles. The SMILES string of the molecule is C[C@@](N)(CO)c1cccc(Cl)c1O. The molecule has 1 aromatic rings. The van der Waals surface area contributed by atoms with Crippen molar-refractivity contribution in [3.8, 4) is 5.75 Å². The number of para-hydroxylation sites is 1. The number of halogens is 1. The van der Waals surface area contributed by atoms with Crippen LogP contribution in [-0.2, 0) is 5.54 Å². The Morgan fingerprint density at radius 2 is 2.15 bits per heavy atom. The molecule has 0 radical (unpaired) electrons. The van der Waals surface area contributed by atoms with Crippen molar-refractivity contribution in [2.24, 2.45) is 5.73 Å². The molecule has 4 N–H and O–H groups in total. The van der Waals surface area contributed by atoms with Gasteiger partial charge in [0.25, 0.3) is 0 Å². The summed E-state index contributed by atoms with van der Waals surface area (Å²) < 4.78 is 0. The van der Waals surface area contributed by atoms with Gasteiger partial charge in [0.05, 0.1) is 17.2 Å². The number of nitrogens with two attached hydrogens (primary N) is 1. The third-order valence-electron chi connectivity index (χ3n) is 1.93. The van der Waals surface area contributed by atoms with Gasteiger partial charge in [-0.1, -0.05) is 23.7 Å². The summed E-state index contributed by atoms with van der Waals surface area (Å²) in [7, 11) is 0. The highest BCUT2D eigenvalue weighted by Gasteiger charge is 2.24. The molecule has 0 saturated heterocycles. The molecule has 1 atom stereocenters. The quantitative estimate of drug-likeness (QED) is 0.674. The van der Waals surface area contributed by atoms with Crippen molar-refractivity contribution in [2.45, 2.75) is 12.5 Å². The Morgan fingerprint density at radius 3 is 2.69 bits per heavy atom. The highest BCUT2D eigenvalue weighted by molar-refractivity contribution is 6.32. The van der Waals surface area contributed by atoms with Gasteiger partial charge in [0, 0.05) is 5.56 Å². The molecule has 0 aliphatic carbocycles. The van der Waals surface area contributed by atoms with Gasteiger partial charge in [0.2, 0.25) is 0 Å². The molecule has 0 bridgehead atoms. The Balaban J connectivity index is 3.22. The summed E-state index contributed by atoms with van der Waals surface area (Å²) in [4.78, 5) is 0. The van der Waals surface area contributed by atoms with E-state index in [-0.39, 0.29) is 17.4 Å². The van der Waals surface area contributed by atoms with Gasteiger partial charge in [-0.3, -0.25) is 0 Å². The van der Waals surface area contributed by atoms with Crippen LogP contribution in [0.25, 0.3) is 0 Å². The van der Waals surface area contributed by atoms with Crippen molar-refractivity contribution in [3.05, 3.63) is 28.8 Å². The number of phenolic OH excluding ortho intramolecular Hbond substituents is 1. The molecule has 13 heavy (non-hydrogen) atoms. The molecule has 0 spiro atoms. The maximum atomic E-state index is 9.54. The van der Waals surface area contributed by atoms with E-state index in [0.29, 0.717) is 5.56 Å². The van der Waals surface area contributed by atoms with E-state index in [0.717, 1.165) is 0 Å². The molecule has 0 saturated carbocycles. The molecule has 4 heteroatoms. The molecular weight excluding hydrogens is 190 g/mol. The summed E-state index contributed by atoms with van der Waals surface area (Å²) in [6.07, 6.45) is 0. The van der Waals surface area contributed by atoms with Gasteiger partial charge in [0.1, 0.15) is 5.75 Å². The van der Waals surface area contributed by atoms with Gasteiger partial charge in [-0.05, 0) is 13.0 Å². The highest BCUT2D eigenvalue weighted by atomic mass is 35.5. The van der Waals surface area contributed by atoms with Crippen molar-refractivity contribution < 1.29 is 10.2 Å².